The third-order valence-electron chi connectivity index (χ3n) is 7.50. The number of fused-ring (bicyclic) bond motifs is 1. The Morgan fingerprint density at radius 1 is 1.12 bits per heavy atom. The first kappa shape index (κ1) is 30.6. The van der Waals surface area contributed by atoms with Crippen molar-refractivity contribution in [3.8, 4) is 11.4 Å². The molecule has 41 heavy (non-hydrogen) atoms. The molecule has 0 saturated carbocycles. The summed E-state index contributed by atoms with van der Waals surface area (Å²) >= 11 is 0. The van der Waals surface area contributed by atoms with Gasteiger partial charge < -0.3 is 15.2 Å². The maximum Gasteiger partial charge on any atom is 0.334 e. The van der Waals surface area contributed by atoms with Crippen LogP contribution in [0.4, 0.5) is 17.6 Å². The van der Waals surface area contributed by atoms with E-state index in [4.69, 9.17) is 4.74 Å². The van der Waals surface area contributed by atoms with Crippen molar-refractivity contribution in [1.29, 1.82) is 0 Å². The summed E-state index contributed by atoms with van der Waals surface area (Å²) in [6.07, 6.45) is -2.55. The topological polar surface area (TPSA) is 120 Å². The summed E-state index contributed by atoms with van der Waals surface area (Å²) in [5.41, 5.74) is -4.33. The molecule has 0 bridgehead atoms. The summed E-state index contributed by atoms with van der Waals surface area (Å²) in [4.78, 5) is 27.0. The molecule has 2 heterocycles. The van der Waals surface area contributed by atoms with E-state index in [-0.39, 0.29) is 41.1 Å². The number of aliphatic hydroxyl groups is 1. The van der Waals surface area contributed by atoms with Crippen molar-refractivity contribution in [2.75, 3.05) is 18.1 Å². The van der Waals surface area contributed by atoms with Gasteiger partial charge in [0, 0.05) is 17.7 Å². The Bertz CT molecular complexity index is 1650. The first-order valence-corrected chi connectivity index (χ1v) is 14.7. The SMILES string of the molecule is C[C@H](n1c(=O)n(-c2cc(OCC(F)F)ccc2F)c2cc(F)c(C(=O)NC3(C)CCS(=O)(=O)CC3)cc21)C(C)(C)O. The fourth-order valence-electron chi connectivity index (χ4n) is 4.70. The summed E-state index contributed by atoms with van der Waals surface area (Å²) in [6.45, 7) is 5.06. The van der Waals surface area contributed by atoms with E-state index in [9.17, 15) is 31.9 Å². The lowest BCUT2D eigenvalue weighted by Crippen LogP contribution is -2.51. The van der Waals surface area contributed by atoms with Gasteiger partial charge in [-0.2, -0.15) is 0 Å². The van der Waals surface area contributed by atoms with Gasteiger partial charge in [0.25, 0.3) is 12.3 Å². The maximum atomic E-state index is 15.5. The van der Waals surface area contributed by atoms with Crippen molar-refractivity contribution >= 4 is 26.8 Å². The summed E-state index contributed by atoms with van der Waals surface area (Å²) in [5.74, 6) is -3.26. The highest BCUT2D eigenvalue weighted by atomic mass is 32.2. The van der Waals surface area contributed by atoms with Crippen LogP contribution in [0.15, 0.2) is 35.1 Å². The highest BCUT2D eigenvalue weighted by molar-refractivity contribution is 7.91. The number of sulfone groups is 1. The Kier molecular flexibility index (Phi) is 8.04. The molecule has 224 valence electrons. The molecule has 1 fully saturated rings. The predicted molar refractivity (Wildman–Crippen MR) is 144 cm³/mol. The number of amides is 1. The molecule has 1 saturated heterocycles. The van der Waals surface area contributed by atoms with E-state index in [2.05, 4.69) is 5.32 Å². The maximum absolute atomic E-state index is 15.5. The number of halogens is 4. The largest absolute Gasteiger partial charge is 0.488 e. The summed E-state index contributed by atoms with van der Waals surface area (Å²) in [5, 5.41) is 13.4. The Labute approximate surface area is 233 Å². The van der Waals surface area contributed by atoms with E-state index in [1.165, 1.54) is 20.8 Å². The fraction of sp³-hybridized carbons (Fsp3) is 0.481. The standard InChI is InChI=1S/C27H31F4N3O6S/c1-15(26(2,3)37)33-21-12-17(24(35)32-27(4)7-9-41(38,39)10-8-27)19(29)13-22(21)34(25(33)36)20-11-16(5-6-18(20)28)40-14-23(30)31/h5-6,11-13,15,23,37H,7-10,14H2,1-4H3,(H,32,35)/t15-/m0/s1. The van der Waals surface area contributed by atoms with Crippen LogP contribution < -0.4 is 15.7 Å². The fourth-order valence-corrected chi connectivity index (χ4v) is 6.43. The van der Waals surface area contributed by atoms with Crippen LogP contribution in [-0.2, 0) is 9.84 Å². The monoisotopic (exact) mass is 601 g/mol. The minimum Gasteiger partial charge on any atom is -0.488 e. The summed E-state index contributed by atoms with van der Waals surface area (Å²) in [7, 11) is -3.23. The number of nitrogens with one attached hydrogen (secondary N) is 1. The molecule has 1 aliphatic heterocycles. The number of imidazole rings is 1. The Balaban J connectivity index is 1.87. The smallest absolute Gasteiger partial charge is 0.334 e. The van der Waals surface area contributed by atoms with Gasteiger partial charge in [-0.15, -0.1) is 0 Å². The molecule has 3 aromatic rings. The second-order valence-corrected chi connectivity index (χ2v) is 13.4. The van der Waals surface area contributed by atoms with E-state index in [1.807, 2.05) is 0 Å². The molecule has 1 aromatic heterocycles. The molecule has 4 rings (SSSR count). The van der Waals surface area contributed by atoms with Gasteiger partial charge in [-0.25, -0.2) is 30.8 Å². The third-order valence-corrected chi connectivity index (χ3v) is 9.15. The zero-order valence-electron chi connectivity index (χ0n) is 22.9. The number of hydrogen-bond donors (Lipinski definition) is 2. The number of rotatable bonds is 8. The number of ether oxygens (including phenoxy) is 1. The lowest BCUT2D eigenvalue weighted by atomic mass is 9.94. The lowest BCUT2D eigenvalue weighted by Gasteiger charge is -2.34. The van der Waals surface area contributed by atoms with E-state index < -0.39 is 74.5 Å². The van der Waals surface area contributed by atoms with Crippen LogP contribution in [0.1, 0.15) is 56.9 Å². The predicted octanol–water partition coefficient (Wildman–Crippen LogP) is 3.74. The van der Waals surface area contributed by atoms with Crippen molar-refractivity contribution < 1.29 is 40.6 Å². The van der Waals surface area contributed by atoms with Crippen molar-refractivity contribution in [1.82, 2.24) is 14.5 Å². The molecule has 2 N–H and O–H groups in total. The van der Waals surface area contributed by atoms with Crippen LogP contribution in [-0.4, -0.2) is 64.2 Å². The minimum atomic E-state index is -3.23. The minimum absolute atomic E-state index is 0.00847. The number of aromatic nitrogens is 2. The van der Waals surface area contributed by atoms with Crippen molar-refractivity contribution in [3.63, 3.8) is 0 Å². The highest BCUT2D eigenvalue weighted by Gasteiger charge is 2.36. The number of nitrogens with zero attached hydrogens (tertiary/aromatic N) is 2. The van der Waals surface area contributed by atoms with Crippen molar-refractivity contribution in [2.45, 2.75) is 64.1 Å². The van der Waals surface area contributed by atoms with Gasteiger partial charge >= 0.3 is 5.69 Å². The highest BCUT2D eigenvalue weighted by Crippen LogP contribution is 2.31. The molecule has 9 nitrogen and oxygen atoms in total. The van der Waals surface area contributed by atoms with Gasteiger partial charge in [0.05, 0.1) is 45.4 Å². The van der Waals surface area contributed by atoms with Gasteiger partial charge in [-0.3, -0.25) is 13.9 Å². The van der Waals surface area contributed by atoms with Crippen molar-refractivity contribution in [3.05, 3.63) is 58.0 Å². The van der Waals surface area contributed by atoms with Gasteiger partial charge in [0.2, 0.25) is 0 Å². The van der Waals surface area contributed by atoms with Crippen molar-refractivity contribution in [2.24, 2.45) is 0 Å². The molecule has 14 heteroatoms. The molecule has 2 aromatic carbocycles. The van der Waals surface area contributed by atoms with E-state index in [0.29, 0.717) is 0 Å². The first-order valence-electron chi connectivity index (χ1n) is 12.9. The second-order valence-electron chi connectivity index (χ2n) is 11.1. The Morgan fingerprint density at radius 3 is 2.34 bits per heavy atom. The van der Waals surface area contributed by atoms with Crippen LogP contribution in [0, 0.1) is 11.6 Å². The van der Waals surface area contributed by atoms with Gasteiger partial charge in [0.1, 0.15) is 33.8 Å². The summed E-state index contributed by atoms with van der Waals surface area (Å²) < 4.78 is 86.5. The quantitative estimate of drug-likeness (QED) is 0.380. The van der Waals surface area contributed by atoms with Gasteiger partial charge in [-0.1, -0.05) is 0 Å². The van der Waals surface area contributed by atoms with Crippen LogP contribution >= 0.6 is 0 Å². The molecular weight excluding hydrogens is 570 g/mol. The summed E-state index contributed by atoms with van der Waals surface area (Å²) in [6, 6.07) is 4.06. The zero-order chi connectivity index (χ0) is 30.5. The number of benzene rings is 2. The average molecular weight is 602 g/mol. The molecule has 0 unspecified atom stereocenters. The van der Waals surface area contributed by atoms with E-state index in [1.54, 1.807) is 6.92 Å². The average Bonchev–Trinajstić information content (AvgIpc) is 3.14. The molecule has 0 radical (unpaired) electrons. The molecule has 1 aliphatic rings. The molecule has 0 spiro atoms. The number of alkyl halides is 2. The van der Waals surface area contributed by atoms with E-state index >= 15 is 8.78 Å². The van der Waals surface area contributed by atoms with Crippen LogP contribution in [0.2, 0.25) is 0 Å². The third kappa shape index (κ3) is 6.27. The first-order chi connectivity index (χ1) is 18.9. The molecule has 1 amide bonds. The second kappa shape index (κ2) is 10.8. The number of hydrogen-bond acceptors (Lipinski definition) is 6. The molecule has 0 aliphatic carbocycles. The van der Waals surface area contributed by atoms with Gasteiger partial charge in [0.15, 0.2) is 0 Å². The normalized spacial score (nSPS) is 17.5. The molecular formula is C27H31F4N3O6S. The molecule has 1 atom stereocenters. The lowest BCUT2D eigenvalue weighted by molar-refractivity contribution is 0.0307. The van der Waals surface area contributed by atoms with E-state index in [0.717, 1.165) is 39.5 Å². The van der Waals surface area contributed by atoms with Crippen LogP contribution in [0.3, 0.4) is 0 Å². The van der Waals surface area contributed by atoms with Crippen LogP contribution in [0.25, 0.3) is 16.7 Å². The Hall–Kier alpha value is -3.39. The van der Waals surface area contributed by atoms with Gasteiger partial charge in [-0.05, 0) is 58.7 Å². The zero-order valence-corrected chi connectivity index (χ0v) is 23.7. The number of carbonyl (C=O) groups excluding carboxylic acids is 1. The van der Waals surface area contributed by atoms with Crippen LogP contribution in [0.5, 0.6) is 5.75 Å². The Morgan fingerprint density at radius 2 is 1.76 bits per heavy atom. The number of carbonyl (C=O) groups is 1.